The van der Waals surface area contributed by atoms with Crippen molar-refractivity contribution < 1.29 is 4.42 Å². The molecule has 3 nitrogen and oxygen atoms in total. The maximum Gasteiger partial charge on any atom is 0.200 e. The number of hydrogen-bond donors (Lipinski definition) is 1. The van der Waals surface area contributed by atoms with Gasteiger partial charge in [-0.05, 0) is 36.4 Å². The first-order chi connectivity index (χ1) is 10.9. The molecule has 0 unspecified atom stereocenters. The van der Waals surface area contributed by atoms with Crippen LogP contribution in [0.3, 0.4) is 0 Å². The fourth-order valence-corrected chi connectivity index (χ4v) is 2.16. The molecule has 0 saturated carbocycles. The molecule has 22 heavy (non-hydrogen) atoms. The minimum Gasteiger partial charge on any atom is -0.456 e. The zero-order valence-corrected chi connectivity index (χ0v) is 11.9. The van der Waals surface area contributed by atoms with Crippen LogP contribution in [0.25, 0.3) is 21.9 Å². The molecule has 1 N–H and O–H groups in total. The van der Waals surface area contributed by atoms with Gasteiger partial charge in [0.05, 0.1) is 10.8 Å². The van der Waals surface area contributed by atoms with Gasteiger partial charge < -0.3 is 9.73 Å². The number of benzene rings is 2. The minimum absolute atomic E-state index is 0.0347. The minimum atomic E-state index is 0.0347. The standard InChI is InChI=1S/C13H8O2.C6H7N/c14-13-9-5-1-3-7-11(9)15-12-8-4-2-6-10(12)13;1-2-4-6-7-5-3-1/h1-8H;1-7H. The summed E-state index contributed by atoms with van der Waals surface area (Å²) < 4.78 is 5.63. The van der Waals surface area contributed by atoms with Crippen LogP contribution in [0, 0.1) is 0 Å². The van der Waals surface area contributed by atoms with Crippen molar-refractivity contribution >= 4 is 21.9 Å². The van der Waals surface area contributed by atoms with Crippen LogP contribution in [0.4, 0.5) is 0 Å². The highest BCUT2D eigenvalue weighted by Gasteiger charge is 2.04. The number of para-hydroxylation sites is 2. The Bertz CT molecular complexity index is 862. The van der Waals surface area contributed by atoms with Crippen molar-refractivity contribution in [1.82, 2.24) is 5.32 Å². The van der Waals surface area contributed by atoms with E-state index in [1.165, 1.54) is 0 Å². The summed E-state index contributed by atoms with van der Waals surface area (Å²) >= 11 is 0. The van der Waals surface area contributed by atoms with Gasteiger partial charge in [0.15, 0.2) is 0 Å². The van der Waals surface area contributed by atoms with E-state index in [1.807, 2.05) is 73.1 Å². The van der Waals surface area contributed by atoms with Gasteiger partial charge in [0, 0.05) is 12.4 Å². The first-order valence-corrected chi connectivity index (χ1v) is 7.01. The van der Waals surface area contributed by atoms with Crippen LogP contribution in [0.15, 0.2) is 94.4 Å². The monoisotopic (exact) mass is 289 g/mol. The average molecular weight is 289 g/mol. The number of hydrogen-bond acceptors (Lipinski definition) is 3. The van der Waals surface area contributed by atoms with Crippen molar-refractivity contribution in [3.05, 3.63) is 95.5 Å². The Morgan fingerprint density at radius 3 is 1.73 bits per heavy atom. The quantitative estimate of drug-likeness (QED) is 0.633. The van der Waals surface area contributed by atoms with Gasteiger partial charge in [-0.15, -0.1) is 0 Å². The van der Waals surface area contributed by atoms with E-state index in [0.29, 0.717) is 21.9 Å². The highest BCUT2D eigenvalue weighted by atomic mass is 16.3. The van der Waals surface area contributed by atoms with E-state index in [4.69, 9.17) is 4.42 Å². The second-order valence-corrected chi connectivity index (χ2v) is 4.69. The molecule has 108 valence electrons. The third-order valence-electron chi connectivity index (χ3n) is 3.20. The van der Waals surface area contributed by atoms with Gasteiger partial charge in [-0.25, -0.2) is 0 Å². The van der Waals surface area contributed by atoms with Gasteiger partial charge in [-0.3, -0.25) is 4.79 Å². The Morgan fingerprint density at radius 1 is 0.682 bits per heavy atom. The molecule has 0 spiro atoms. The van der Waals surface area contributed by atoms with Gasteiger partial charge in [-0.2, -0.15) is 0 Å². The topological polar surface area (TPSA) is 42.2 Å². The highest BCUT2D eigenvalue weighted by molar-refractivity contribution is 5.89. The first kappa shape index (κ1) is 13.9. The lowest BCUT2D eigenvalue weighted by atomic mass is 10.1. The zero-order chi connectivity index (χ0) is 15.2. The number of nitrogens with one attached hydrogen (secondary N) is 1. The molecule has 2 heterocycles. The molecular weight excluding hydrogens is 274 g/mol. The molecule has 0 amide bonds. The Morgan fingerprint density at radius 2 is 1.18 bits per heavy atom. The molecule has 0 aliphatic carbocycles. The van der Waals surface area contributed by atoms with Crippen molar-refractivity contribution in [2.24, 2.45) is 0 Å². The predicted octanol–water partition coefficient (Wildman–Crippen LogP) is 4.12. The van der Waals surface area contributed by atoms with Crippen molar-refractivity contribution in [3.8, 4) is 0 Å². The lowest BCUT2D eigenvalue weighted by Gasteiger charge is -1.99. The largest absolute Gasteiger partial charge is 0.456 e. The van der Waals surface area contributed by atoms with Gasteiger partial charge in [-0.1, -0.05) is 36.4 Å². The van der Waals surface area contributed by atoms with Gasteiger partial charge in [0.2, 0.25) is 5.43 Å². The second kappa shape index (κ2) is 6.59. The van der Waals surface area contributed by atoms with E-state index in [1.54, 1.807) is 12.1 Å². The summed E-state index contributed by atoms with van der Waals surface area (Å²) in [5, 5.41) is 4.19. The average Bonchev–Trinajstić information content (AvgIpc) is 2.89. The summed E-state index contributed by atoms with van der Waals surface area (Å²) in [6, 6.07) is 14.6. The molecule has 3 heteroatoms. The molecule has 1 aliphatic heterocycles. The Balaban J connectivity index is 0.000000174. The molecule has 1 aliphatic rings. The summed E-state index contributed by atoms with van der Waals surface area (Å²) in [4.78, 5) is 12.0. The summed E-state index contributed by atoms with van der Waals surface area (Å²) in [7, 11) is 0. The second-order valence-electron chi connectivity index (χ2n) is 4.69. The van der Waals surface area contributed by atoms with Crippen molar-refractivity contribution in [1.29, 1.82) is 0 Å². The third-order valence-corrected chi connectivity index (χ3v) is 3.20. The van der Waals surface area contributed by atoms with Crippen LogP contribution >= 0.6 is 0 Å². The fraction of sp³-hybridized carbons (Fsp3) is 0. The number of allylic oxidation sites excluding steroid dienone is 4. The molecule has 0 radical (unpaired) electrons. The van der Waals surface area contributed by atoms with Crippen LogP contribution in [0.1, 0.15) is 0 Å². The van der Waals surface area contributed by atoms with E-state index in [-0.39, 0.29) is 5.43 Å². The van der Waals surface area contributed by atoms with Crippen molar-refractivity contribution in [2.75, 3.05) is 0 Å². The van der Waals surface area contributed by atoms with Crippen LogP contribution in [-0.2, 0) is 0 Å². The maximum absolute atomic E-state index is 12.0. The van der Waals surface area contributed by atoms with E-state index >= 15 is 0 Å². The molecule has 0 saturated heterocycles. The smallest absolute Gasteiger partial charge is 0.200 e. The SMILES string of the molecule is C1=CC=CNC=C1.O=c1c2ccccc2oc2ccccc12. The van der Waals surface area contributed by atoms with Crippen molar-refractivity contribution in [3.63, 3.8) is 0 Å². The third kappa shape index (κ3) is 2.99. The fourth-order valence-electron chi connectivity index (χ4n) is 2.16. The van der Waals surface area contributed by atoms with Gasteiger partial charge >= 0.3 is 0 Å². The molecule has 0 fully saturated rings. The van der Waals surface area contributed by atoms with Crippen LogP contribution in [0.5, 0.6) is 0 Å². The van der Waals surface area contributed by atoms with Crippen LogP contribution in [-0.4, -0.2) is 0 Å². The molecule has 3 aromatic rings. The maximum atomic E-state index is 12.0. The van der Waals surface area contributed by atoms with Crippen LogP contribution in [0.2, 0.25) is 0 Å². The summed E-state index contributed by atoms with van der Waals surface area (Å²) in [5.74, 6) is 0. The summed E-state index contributed by atoms with van der Waals surface area (Å²) in [6.45, 7) is 0. The van der Waals surface area contributed by atoms with E-state index in [2.05, 4.69) is 5.32 Å². The first-order valence-electron chi connectivity index (χ1n) is 7.01. The lowest BCUT2D eigenvalue weighted by Crippen LogP contribution is -2.01. The zero-order valence-electron chi connectivity index (χ0n) is 11.9. The molecule has 2 aromatic carbocycles. The molecule has 1 aromatic heterocycles. The van der Waals surface area contributed by atoms with Crippen LogP contribution < -0.4 is 10.7 Å². The summed E-state index contributed by atoms with van der Waals surface area (Å²) in [5.41, 5.74) is 1.31. The normalized spacial score (nSPS) is 12.5. The number of fused-ring (bicyclic) bond motifs is 2. The van der Waals surface area contributed by atoms with E-state index in [0.717, 1.165) is 0 Å². The van der Waals surface area contributed by atoms with Crippen molar-refractivity contribution in [2.45, 2.75) is 0 Å². The molecule has 4 rings (SSSR count). The molecule has 0 bridgehead atoms. The predicted molar refractivity (Wildman–Crippen MR) is 90.5 cm³/mol. The van der Waals surface area contributed by atoms with E-state index < -0.39 is 0 Å². The Hall–Kier alpha value is -3.07. The van der Waals surface area contributed by atoms with E-state index in [9.17, 15) is 4.79 Å². The Labute approximate surface area is 127 Å². The highest BCUT2D eigenvalue weighted by Crippen LogP contribution is 2.17. The lowest BCUT2D eigenvalue weighted by molar-refractivity contribution is 0.660. The Kier molecular flexibility index (Phi) is 4.16. The summed E-state index contributed by atoms with van der Waals surface area (Å²) in [6.07, 6.45) is 11.6. The molecule has 0 atom stereocenters. The van der Waals surface area contributed by atoms with Gasteiger partial charge in [0.25, 0.3) is 0 Å². The molecular formula is C19H15NO2. The number of rotatable bonds is 0. The van der Waals surface area contributed by atoms with Gasteiger partial charge in [0.1, 0.15) is 11.2 Å².